The van der Waals surface area contributed by atoms with E-state index in [9.17, 15) is 9.59 Å². The highest BCUT2D eigenvalue weighted by atomic mass is 35.5. The zero-order valence-corrected chi connectivity index (χ0v) is 13.5. The van der Waals surface area contributed by atoms with Gasteiger partial charge < -0.3 is 14.7 Å². The molecule has 5 nitrogen and oxygen atoms in total. The average molecular weight is 352 g/mol. The first-order valence-electron chi connectivity index (χ1n) is 6.53. The molecule has 1 aromatic heterocycles. The molecular weight excluding hydrogens is 337 g/mol. The normalized spacial score (nSPS) is 18.8. The molecule has 2 rings (SSSR count). The molecular formula is C13H15Cl2NO4S. The minimum absolute atomic E-state index is 0.0537. The molecule has 1 fully saturated rings. The molecule has 0 unspecified atom stereocenters. The maximum absolute atomic E-state index is 12.1. The van der Waals surface area contributed by atoms with E-state index in [0.29, 0.717) is 34.5 Å². The summed E-state index contributed by atoms with van der Waals surface area (Å²) in [6, 6.07) is 1.81. The highest BCUT2D eigenvalue weighted by Crippen LogP contribution is 2.32. The molecule has 0 aromatic carbocycles. The van der Waals surface area contributed by atoms with Crippen LogP contribution in [0.4, 0.5) is 0 Å². The van der Waals surface area contributed by atoms with Crippen molar-refractivity contribution in [2.75, 3.05) is 19.7 Å². The second-order valence-corrected chi connectivity index (χ2v) is 7.03. The Bertz CT molecular complexity index is 534. The van der Waals surface area contributed by atoms with Gasteiger partial charge in [-0.25, -0.2) is 4.79 Å². The summed E-state index contributed by atoms with van der Waals surface area (Å²) in [6.45, 7) is 0.807. The predicted molar refractivity (Wildman–Crippen MR) is 81.2 cm³/mol. The van der Waals surface area contributed by atoms with Crippen LogP contribution >= 0.6 is 34.5 Å². The quantitative estimate of drug-likeness (QED) is 0.885. The fourth-order valence-corrected chi connectivity index (χ4v) is 3.70. The van der Waals surface area contributed by atoms with Crippen LogP contribution < -0.4 is 0 Å². The number of carboxylic acid groups (broad SMARTS) is 1. The molecule has 0 bridgehead atoms. The van der Waals surface area contributed by atoms with E-state index in [2.05, 4.69) is 0 Å². The van der Waals surface area contributed by atoms with Crippen LogP contribution in [-0.2, 0) is 20.7 Å². The van der Waals surface area contributed by atoms with Gasteiger partial charge in [-0.2, -0.15) is 0 Å². The molecule has 0 radical (unpaired) electrons. The van der Waals surface area contributed by atoms with E-state index >= 15 is 0 Å². The van der Waals surface area contributed by atoms with Gasteiger partial charge in [-0.05, 0) is 24.5 Å². The third kappa shape index (κ3) is 4.57. The van der Waals surface area contributed by atoms with Gasteiger partial charge in [0.25, 0.3) is 0 Å². The number of carbonyl (C=O) groups excluding carboxylic acids is 1. The zero-order valence-electron chi connectivity index (χ0n) is 11.2. The number of amides is 1. The van der Waals surface area contributed by atoms with Crippen molar-refractivity contribution in [3.05, 3.63) is 20.3 Å². The number of carbonyl (C=O) groups is 2. The minimum Gasteiger partial charge on any atom is -0.479 e. The molecule has 1 aliphatic heterocycles. The Morgan fingerprint density at radius 3 is 2.86 bits per heavy atom. The lowest BCUT2D eigenvalue weighted by Crippen LogP contribution is -2.48. The van der Waals surface area contributed by atoms with E-state index in [1.54, 1.807) is 4.90 Å². The van der Waals surface area contributed by atoms with E-state index < -0.39 is 12.1 Å². The molecule has 21 heavy (non-hydrogen) atoms. The van der Waals surface area contributed by atoms with Gasteiger partial charge in [-0.3, -0.25) is 4.79 Å². The standard InChI is InChI=1S/C13H15Cl2NO4S/c14-10-6-8(12(15)21-10)2-1-3-11(17)16-4-5-20-9(7-16)13(18)19/h6,9H,1-5,7H2,(H,18,19)/t9-/m0/s1. The fourth-order valence-electron chi connectivity index (χ4n) is 2.16. The van der Waals surface area contributed by atoms with Crippen molar-refractivity contribution in [1.82, 2.24) is 4.90 Å². The number of ether oxygens (including phenoxy) is 1. The summed E-state index contributed by atoms with van der Waals surface area (Å²) in [7, 11) is 0. The molecule has 0 spiro atoms. The molecule has 116 valence electrons. The van der Waals surface area contributed by atoms with Crippen LogP contribution in [0.5, 0.6) is 0 Å². The summed E-state index contributed by atoms with van der Waals surface area (Å²) in [5, 5.41) is 8.91. The largest absolute Gasteiger partial charge is 0.479 e. The van der Waals surface area contributed by atoms with E-state index in [4.69, 9.17) is 33.0 Å². The lowest BCUT2D eigenvalue weighted by molar-refractivity contribution is -0.159. The monoisotopic (exact) mass is 351 g/mol. The number of morpholine rings is 1. The lowest BCUT2D eigenvalue weighted by atomic mass is 10.1. The van der Waals surface area contributed by atoms with Crippen molar-refractivity contribution >= 4 is 46.4 Å². The van der Waals surface area contributed by atoms with E-state index in [1.807, 2.05) is 6.07 Å². The minimum atomic E-state index is -1.04. The highest BCUT2D eigenvalue weighted by Gasteiger charge is 2.28. The SMILES string of the molecule is O=C(O)[C@@H]1CN(C(=O)CCCc2cc(Cl)sc2Cl)CCO1. The molecule has 1 amide bonds. The molecule has 1 aliphatic rings. The van der Waals surface area contributed by atoms with Gasteiger partial charge in [0.05, 0.1) is 21.8 Å². The second kappa shape index (κ2) is 7.45. The van der Waals surface area contributed by atoms with Crippen molar-refractivity contribution in [2.45, 2.75) is 25.4 Å². The summed E-state index contributed by atoms with van der Waals surface area (Å²) in [5.41, 5.74) is 0.949. The number of nitrogens with zero attached hydrogens (tertiary/aromatic N) is 1. The van der Waals surface area contributed by atoms with Crippen LogP contribution in [0.15, 0.2) is 6.07 Å². The Labute approximate surface area is 136 Å². The van der Waals surface area contributed by atoms with Crippen LogP contribution in [0.1, 0.15) is 18.4 Å². The number of rotatable bonds is 5. The number of hydrogen-bond donors (Lipinski definition) is 1. The molecule has 1 N–H and O–H groups in total. The Morgan fingerprint density at radius 2 is 2.24 bits per heavy atom. The van der Waals surface area contributed by atoms with Crippen LogP contribution in [0, 0.1) is 0 Å². The molecule has 2 heterocycles. The van der Waals surface area contributed by atoms with Crippen molar-refractivity contribution in [1.29, 1.82) is 0 Å². The first-order valence-corrected chi connectivity index (χ1v) is 8.10. The summed E-state index contributed by atoms with van der Waals surface area (Å²) in [6.07, 6.45) is 0.768. The number of thiophene rings is 1. The Kier molecular flexibility index (Phi) is 5.87. The summed E-state index contributed by atoms with van der Waals surface area (Å²) < 4.78 is 6.38. The predicted octanol–water partition coefficient (Wildman–Crippen LogP) is 2.69. The Morgan fingerprint density at radius 1 is 1.48 bits per heavy atom. The highest BCUT2D eigenvalue weighted by molar-refractivity contribution is 7.20. The molecule has 1 atom stereocenters. The van der Waals surface area contributed by atoms with Gasteiger partial charge >= 0.3 is 5.97 Å². The fraction of sp³-hybridized carbons (Fsp3) is 0.538. The molecule has 8 heteroatoms. The van der Waals surface area contributed by atoms with E-state index in [-0.39, 0.29) is 19.1 Å². The first kappa shape index (κ1) is 16.5. The van der Waals surface area contributed by atoms with Crippen molar-refractivity contribution in [3.63, 3.8) is 0 Å². The number of aliphatic carboxylic acids is 1. The number of hydrogen-bond acceptors (Lipinski definition) is 4. The van der Waals surface area contributed by atoms with Crippen molar-refractivity contribution in [2.24, 2.45) is 0 Å². The van der Waals surface area contributed by atoms with Gasteiger partial charge in [0, 0.05) is 13.0 Å². The Hall–Kier alpha value is -0.820. The smallest absolute Gasteiger partial charge is 0.334 e. The number of halogens is 2. The molecule has 1 saturated heterocycles. The first-order chi connectivity index (χ1) is 9.97. The third-order valence-electron chi connectivity index (χ3n) is 3.26. The maximum Gasteiger partial charge on any atom is 0.334 e. The van der Waals surface area contributed by atoms with Crippen molar-refractivity contribution in [3.8, 4) is 0 Å². The maximum atomic E-state index is 12.1. The third-order valence-corrected chi connectivity index (χ3v) is 4.83. The number of carboxylic acids is 1. The second-order valence-electron chi connectivity index (χ2n) is 4.74. The van der Waals surface area contributed by atoms with E-state index in [0.717, 1.165) is 5.56 Å². The summed E-state index contributed by atoms with van der Waals surface area (Å²) in [4.78, 5) is 24.5. The van der Waals surface area contributed by atoms with Crippen LogP contribution in [0.25, 0.3) is 0 Å². The summed E-state index contributed by atoms with van der Waals surface area (Å²) >= 11 is 13.2. The van der Waals surface area contributed by atoms with Crippen molar-refractivity contribution < 1.29 is 19.4 Å². The average Bonchev–Trinajstić information content (AvgIpc) is 2.77. The lowest BCUT2D eigenvalue weighted by Gasteiger charge is -2.30. The summed E-state index contributed by atoms with van der Waals surface area (Å²) in [5.74, 6) is -1.09. The van der Waals surface area contributed by atoms with Crippen LogP contribution in [-0.4, -0.2) is 47.7 Å². The molecule has 0 aliphatic carbocycles. The van der Waals surface area contributed by atoms with Gasteiger partial charge in [0.2, 0.25) is 5.91 Å². The van der Waals surface area contributed by atoms with Crippen LogP contribution in [0.3, 0.4) is 0 Å². The van der Waals surface area contributed by atoms with Gasteiger partial charge in [-0.1, -0.05) is 23.2 Å². The Balaban J connectivity index is 1.79. The van der Waals surface area contributed by atoms with Gasteiger partial charge in [0.15, 0.2) is 6.10 Å². The zero-order chi connectivity index (χ0) is 15.4. The molecule has 1 aromatic rings. The van der Waals surface area contributed by atoms with Gasteiger partial charge in [-0.15, -0.1) is 11.3 Å². The topological polar surface area (TPSA) is 66.8 Å². The number of aryl methyl sites for hydroxylation is 1. The van der Waals surface area contributed by atoms with Crippen LogP contribution in [0.2, 0.25) is 8.67 Å². The van der Waals surface area contributed by atoms with E-state index in [1.165, 1.54) is 11.3 Å². The van der Waals surface area contributed by atoms with Gasteiger partial charge in [0.1, 0.15) is 0 Å². The molecule has 0 saturated carbocycles.